The Hall–Kier alpha value is -2.76. The molecule has 4 aromatic heterocycles. The number of aromatic nitrogens is 6. The molecule has 4 heterocycles. The first-order valence-electron chi connectivity index (χ1n) is 7.63. The van der Waals surface area contributed by atoms with Crippen molar-refractivity contribution in [2.24, 2.45) is 0 Å². The predicted octanol–water partition coefficient (Wildman–Crippen LogP) is 2.92. The fraction of sp³-hybridized carbons (Fsp3) is 0.294. The molecule has 0 bridgehead atoms. The van der Waals surface area contributed by atoms with Gasteiger partial charge in [-0.25, -0.2) is 19.9 Å². The standard InChI is InChI=1S/C17H18N6/c1-10-7-15-16(18-8-10)22(13(4)21-15)9-23-12(3)20-14-6-5-11(2)19-17(14)23/h5-8H,9H2,1-4H3. The van der Waals surface area contributed by atoms with Gasteiger partial charge < -0.3 is 0 Å². The lowest BCUT2D eigenvalue weighted by atomic mass is 10.3. The van der Waals surface area contributed by atoms with Gasteiger partial charge in [0.1, 0.15) is 29.4 Å². The predicted molar refractivity (Wildman–Crippen MR) is 89.4 cm³/mol. The number of imidazole rings is 2. The van der Waals surface area contributed by atoms with Gasteiger partial charge in [0, 0.05) is 11.9 Å². The highest BCUT2D eigenvalue weighted by molar-refractivity contribution is 5.73. The summed E-state index contributed by atoms with van der Waals surface area (Å²) in [6, 6.07) is 6.07. The molecule has 0 aliphatic rings. The van der Waals surface area contributed by atoms with Crippen LogP contribution in [-0.4, -0.2) is 29.1 Å². The van der Waals surface area contributed by atoms with Gasteiger partial charge in [-0.05, 0) is 51.5 Å². The maximum Gasteiger partial charge on any atom is 0.161 e. The van der Waals surface area contributed by atoms with Crippen molar-refractivity contribution in [2.75, 3.05) is 0 Å². The number of aryl methyl sites for hydroxylation is 4. The minimum Gasteiger partial charge on any atom is -0.294 e. The van der Waals surface area contributed by atoms with E-state index in [1.165, 1.54) is 0 Å². The molecule has 0 saturated heterocycles. The number of nitrogens with zero attached hydrogens (tertiary/aromatic N) is 6. The molecule has 0 aliphatic heterocycles. The van der Waals surface area contributed by atoms with Gasteiger partial charge in [0.25, 0.3) is 0 Å². The van der Waals surface area contributed by atoms with Gasteiger partial charge in [0.05, 0.1) is 0 Å². The van der Waals surface area contributed by atoms with Crippen molar-refractivity contribution in [2.45, 2.75) is 34.4 Å². The first-order chi connectivity index (χ1) is 11.0. The van der Waals surface area contributed by atoms with Gasteiger partial charge in [-0.1, -0.05) is 0 Å². The average Bonchev–Trinajstić information content (AvgIpc) is 2.97. The molecule has 0 aliphatic carbocycles. The third-order valence-corrected chi connectivity index (χ3v) is 4.12. The van der Waals surface area contributed by atoms with E-state index in [2.05, 4.69) is 35.1 Å². The highest BCUT2D eigenvalue weighted by Gasteiger charge is 2.13. The van der Waals surface area contributed by atoms with Gasteiger partial charge in [-0.15, -0.1) is 0 Å². The normalized spacial score (nSPS) is 11.7. The number of hydrogen-bond donors (Lipinski definition) is 0. The average molecular weight is 306 g/mol. The summed E-state index contributed by atoms with van der Waals surface area (Å²) in [5.41, 5.74) is 5.73. The zero-order chi connectivity index (χ0) is 16.1. The maximum absolute atomic E-state index is 4.65. The fourth-order valence-electron chi connectivity index (χ4n) is 2.91. The van der Waals surface area contributed by atoms with Crippen LogP contribution in [0.2, 0.25) is 0 Å². The summed E-state index contributed by atoms with van der Waals surface area (Å²) in [5.74, 6) is 1.87. The summed E-state index contributed by atoms with van der Waals surface area (Å²) in [7, 11) is 0. The summed E-state index contributed by atoms with van der Waals surface area (Å²) < 4.78 is 4.21. The van der Waals surface area contributed by atoms with E-state index in [1.807, 2.05) is 46.0 Å². The van der Waals surface area contributed by atoms with E-state index in [0.29, 0.717) is 6.67 Å². The zero-order valence-corrected chi connectivity index (χ0v) is 13.7. The molecule has 0 saturated carbocycles. The van der Waals surface area contributed by atoms with E-state index in [0.717, 1.165) is 45.2 Å². The van der Waals surface area contributed by atoms with Crippen molar-refractivity contribution in [3.8, 4) is 0 Å². The zero-order valence-electron chi connectivity index (χ0n) is 13.7. The van der Waals surface area contributed by atoms with Gasteiger partial charge >= 0.3 is 0 Å². The van der Waals surface area contributed by atoms with Gasteiger partial charge in [0.15, 0.2) is 11.3 Å². The third kappa shape index (κ3) is 2.18. The molecule has 116 valence electrons. The summed E-state index contributed by atoms with van der Waals surface area (Å²) >= 11 is 0. The van der Waals surface area contributed by atoms with E-state index >= 15 is 0 Å². The molecule has 0 fully saturated rings. The molecular weight excluding hydrogens is 288 g/mol. The molecule has 23 heavy (non-hydrogen) atoms. The van der Waals surface area contributed by atoms with Crippen LogP contribution in [0.5, 0.6) is 0 Å². The molecule has 0 unspecified atom stereocenters. The summed E-state index contributed by atoms with van der Waals surface area (Å²) in [4.78, 5) is 18.4. The SMILES string of the molecule is Cc1cnc2c(c1)nc(C)n2Cn1c(C)nc2ccc(C)nc21. The topological polar surface area (TPSA) is 61.4 Å². The van der Waals surface area contributed by atoms with Crippen LogP contribution >= 0.6 is 0 Å². The van der Waals surface area contributed by atoms with E-state index in [-0.39, 0.29) is 0 Å². The molecule has 0 atom stereocenters. The number of rotatable bonds is 2. The Kier molecular flexibility index (Phi) is 2.94. The van der Waals surface area contributed by atoms with Crippen molar-refractivity contribution in [1.82, 2.24) is 29.1 Å². The molecule has 4 aromatic rings. The largest absolute Gasteiger partial charge is 0.294 e. The Labute approximate surface area is 133 Å². The number of fused-ring (bicyclic) bond motifs is 2. The van der Waals surface area contributed by atoms with Crippen LogP contribution in [0.4, 0.5) is 0 Å². The molecule has 0 spiro atoms. The summed E-state index contributed by atoms with van der Waals surface area (Å²) in [5, 5.41) is 0. The number of pyridine rings is 2. The second-order valence-corrected chi connectivity index (χ2v) is 5.97. The second kappa shape index (κ2) is 4.87. The highest BCUT2D eigenvalue weighted by Crippen LogP contribution is 2.19. The van der Waals surface area contributed by atoms with Crippen molar-refractivity contribution >= 4 is 22.3 Å². The Balaban J connectivity index is 1.90. The highest BCUT2D eigenvalue weighted by atomic mass is 15.3. The Bertz CT molecular complexity index is 1040. The van der Waals surface area contributed by atoms with Crippen molar-refractivity contribution < 1.29 is 0 Å². The quantitative estimate of drug-likeness (QED) is 0.571. The Morgan fingerprint density at radius 1 is 0.826 bits per heavy atom. The number of hydrogen-bond acceptors (Lipinski definition) is 4. The lowest BCUT2D eigenvalue weighted by Gasteiger charge is -2.10. The second-order valence-electron chi connectivity index (χ2n) is 5.97. The van der Waals surface area contributed by atoms with Gasteiger partial charge in [0.2, 0.25) is 0 Å². The first kappa shape index (κ1) is 13.9. The molecule has 0 amide bonds. The fourth-order valence-corrected chi connectivity index (χ4v) is 2.91. The minimum atomic E-state index is 0.608. The van der Waals surface area contributed by atoms with Crippen LogP contribution < -0.4 is 0 Å². The maximum atomic E-state index is 4.65. The van der Waals surface area contributed by atoms with Crippen LogP contribution in [0.25, 0.3) is 22.3 Å². The van der Waals surface area contributed by atoms with E-state index in [9.17, 15) is 0 Å². The lowest BCUT2D eigenvalue weighted by Crippen LogP contribution is -2.12. The molecule has 0 N–H and O–H groups in total. The molecular formula is C17H18N6. The molecule has 4 rings (SSSR count). The van der Waals surface area contributed by atoms with Crippen LogP contribution in [0.15, 0.2) is 24.4 Å². The van der Waals surface area contributed by atoms with Crippen molar-refractivity contribution in [3.63, 3.8) is 0 Å². The van der Waals surface area contributed by atoms with Gasteiger partial charge in [-0.3, -0.25) is 9.13 Å². The van der Waals surface area contributed by atoms with Crippen LogP contribution in [-0.2, 0) is 6.67 Å². The summed E-state index contributed by atoms with van der Waals surface area (Å²) in [6.45, 7) is 8.64. The molecule has 0 aromatic carbocycles. The van der Waals surface area contributed by atoms with Crippen LogP contribution in [0, 0.1) is 27.7 Å². The summed E-state index contributed by atoms with van der Waals surface area (Å²) in [6.07, 6.45) is 1.88. The van der Waals surface area contributed by atoms with Crippen LogP contribution in [0.3, 0.4) is 0 Å². The lowest BCUT2D eigenvalue weighted by molar-refractivity contribution is 0.599. The van der Waals surface area contributed by atoms with Gasteiger partial charge in [-0.2, -0.15) is 0 Å². The molecule has 0 radical (unpaired) electrons. The van der Waals surface area contributed by atoms with Crippen LogP contribution in [0.1, 0.15) is 22.9 Å². The molecule has 6 heteroatoms. The smallest absolute Gasteiger partial charge is 0.161 e. The first-order valence-corrected chi connectivity index (χ1v) is 7.63. The monoisotopic (exact) mass is 306 g/mol. The van der Waals surface area contributed by atoms with E-state index < -0.39 is 0 Å². The van der Waals surface area contributed by atoms with E-state index in [1.54, 1.807) is 0 Å². The van der Waals surface area contributed by atoms with E-state index in [4.69, 9.17) is 0 Å². The third-order valence-electron chi connectivity index (χ3n) is 4.12. The molecule has 6 nitrogen and oxygen atoms in total. The Morgan fingerprint density at radius 3 is 2.30 bits per heavy atom. The van der Waals surface area contributed by atoms with Crippen molar-refractivity contribution in [1.29, 1.82) is 0 Å². The van der Waals surface area contributed by atoms with Crippen molar-refractivity contribution in [3.05, 3.63) is 47.3 Å². The minimum absolute atomic E-state index is 0.608. The Morgan fingerprint density at radius 2 is 1.52 bits per heavy atom.